The summed E-state index contributed by atoms with van der Waals surface area (Å²) in [5.74, 6) is 0.636. The van der Waals surface area contributed by atoms with E-state index in [1.807, 2.05) is 6.07 Å². The molecule has 1 heterocycles. The first-order chi connectivity index (χ1) is 17.4. The molecule has 8 nitrogen and oxygen atoms in total. The molecule has 0 saturated carbocycles. The lowest BCUT2D eigenvalue weighted by Gasteiger charge is -2.18. The summed E-state index contributed by atoms with van der Waals surface area (Å²) >= 11 is 4.62. The van der Waals surface area contributed by atoms with Crippen LogP contribution in [0.1, 0.15) is 27.8 Å². The Morgan fingerprint density at radius 2 is 1.94 bits per heavy atom. The summed E-state index contributed by atoms with van der Waals surface area (Å²) in [5.41, 5.74) is 2.43. The van der Waals surface area contributed by atoms with Gasteiger partial charge in [0.05, 0.1) is 11.6 Å². The number of nitriles is 1. The number of rotatable bonds is 9. The summed E-state index contributed by atoms with van der Waals surface area (Å²) in [6.45, 7) is 1.48. The minimum Gasteiger partial charge on any atom is -0.489 e. The lowest BCUT2D eigenvalue weighted by atomic mass is 10.1. The van der Waals surface area contributed by atoms with E-state index in [2.05, 4.69) is 32.2 Å². The van der Waals surface area contributed by atoms with Crippen molar-refractivity contribution in [2.75, 3.05) is 6.54 Å². The van der Waals surface area contributed by atoms with E-state index in [0.29, 0.717) is 39.1 Å². The zero-order chi connectivity index (χ0) is 25.7. The van der Waals surface area contributed by atoms with Gasteiger partial charge in [0.25, 0.3) is 0 Å². The number of nitrogens with zero attached hydrogens (tertiary/aromatic N) is 5. The van der Waals surface area contributed by atoms with E-state index < -0.39 is 16.7 Å². The highest BCUT2D eigenvalue weighted by atomic mass is 79.9. The monoisotopic (exact) mass is 567 g/mol. The van der Waals surface area contributed by atoms with Crippen LogP contribution in [0.15, 0.2) is 76.4 Å². The molecule has 4 aromatic rings. The summed E-state index contributed by atoms with van der Waals surface area (Å²) in [7, 11) is 0. The predicted octanol–water partition coefficient (Wildman–Crippen LogP) is 6.04. The third kappa shape index (κ3) is 5.90. The maximum Gasteiger partial charge on any atom is 0.220 e. The molecule has 11 heteroatoms. The van der Waals surface area contributed by atoms with Gasteiger partial charge in [0.15, 0.2) is 5.16 Å². The molecule has 0 aliphatic heterocycles. The molecule has 0 unspecified atom stereocenters. The summed E-state index contributed by atoms with van der Waals surface area (Å²) in [6.07, 6.45) is 0. The number of benzene rings is 3. The van der Waals surface area contributed by atoms with Crippen molar-refractivity contribution >= 4 is 27.7 Å². The molecular formula is C25H19BrFN5O3S. The van der Waals surface area contributed by atoms with Crippen LogP contribution < -0.4 is 4.74 Å². The van der Waals surface area contributed by atoms with Crippen LogP contribution in [0.2, 0.25) is 0 Å². The molecule has 3 aromatic carbocycles. The molecule has 0 aliphatic rings. The normalized spacial score (nSPS) is 11.6. The molecule has 0 amide bonds. The number of aryl methyl sites for hydroxylation is 1. The number of hydrogen-bond donors (Lipinski definition) is 0. The molecule has 4 rings (SSSR count). The molecule has 0 aliphatic carbocycles. The molecule has 1 atom stereocenters. The summed E-state index contributed by atoms with van der Waals surface area (Å²) in [5, 5.41) is 29.1. The van der Waals surface area contributed by atoms with Crippen LogP contribution in [0, 0.1) is 34.2 Å². The highest BCUT2D eigenvalue weighted by Crippen LogP contribution is 2.41. The lowest BCUT2D eigenvalue weighted by molar-refractivity contribution is -0.479. The molecule has 0 spiro atoms. The Labute approximate surface area is 219 Å². The van der Waals surface area contributed by atoms with Crippen molar-refractivity contribution in [3.05, 3.63) is 110 Å². The third-order valence-electron chi connectivity index (χ3n) is 5.28. The zero-order valence-electron chi connectivity index (χ0n) is 19.0. The molecule has 0 bridgehead atoms. The fourth-order valence-corrected chi connectivity index (χ4v) is 5.15. The van der Waals surface area contributed by atoms with Crippen molar-refractivity contribution < 1.29 is 14.1 Å². The molecule has 0 radical (unpaired) electrons. The highest BCUT2D eigenvalue weighted by molar-refractivity contribution is 9.10. The molecule has 36 heavy (non-hydrogen) atoms. The third-order valence-corrected chi connectivity index (χ3v) is 6.94. The van der Waals surface area contributed by atoms with Crippen LogP contribution in [0.3, 0.4) is 0 Å². The number of thioether (sulfide) groups is 1. The van der Waals surface area contributed by atoms with Crippen molar-refractivity contribution in [2.45, 2.75) is 23.9 Å². The van der Waals surface area contributed by atoms with Gasteiger partial charge < -0.3 is 4.74 Å². The van der Waals surface area contributed by atoms with Crippen molar-refractivity contribution in [3.8, 4) is 17.5 Å². The Kier molecular flexibility index (Phi) is 7.97. The average Bonchev–Trinajstić information content (AvgIpc) is 3.23. The van der Waals surface area contributed by atoms with Gasteiger partial charge in [-0.25, -0.2) is 4.39 Å². The number of halogens is 2. The Morgan fingerprint density at radius 3 is 2.67 bits per heavy atom. The second kappa shape index (κ2) is 11.3. The molecule has 0 saturated heterocycles. The fraction of sp³-hybridized carbons (Fsp3) is 0.160. The number of ether oxygens (including phenoxy) is 1. The van der Waals surface area contributed by atoms with Gasteiger partial charge in [0, 0.05) is 26.2 Å². The zero-order valence-corrected chi connectivity index (χ0v) is 21.4. The van der Waals surface area contributed by atoms with Crippen LogP contribution in [0.4, 0.5) is 4.39 Å². The summed E-state index contributed by atoms with van der Waals surface area (Å²) < 4.78 is 22.0. The largest absolute Gasteiger partial charge is 0.489 e. The SMILES string of the molecule is Cc1nnc(S[C@@H](C[N+](=O)[O-])c2cc(Br)ccc2OCc2ccccc2C#N)n1-c1ccc(F)cc1. The minimum absolute atomic E-state index is 0.124. The van der Waals surface area contributed by atoms with Gasteiger partial charge in [0.1, 0.15) is 29.2 Å². The standard InChI is InChI=1S/C25H19BrFN5O3S/c1-16-29-30-25(32(16)21-9-7-20(27)8-10-21)36-24(14-31(33)34)22-12-19(26)6-11-23(22)35-15-18-5-3-2-4-17(18)13-28/h2-12,24H,14-15H2,1H3/t24-/m0/s1. The van der Waals surface area contributed by atoms with Gasteiger partial charge in [-0.2, -0.15) is 5.26 Å². The molecule has 0 fully saturated rings. The van der Waals surface area contributed by atoms with Crippen LogP contribution in [-0.2, 0) is 6.61 Å². The van der Waals surface area contributed by atoms with Gasteiger partial charge >= 0.3 is 0 Å². The topological polar surface area (TPSA) is 107 Å². The van der Waals surface area contributed by atoms with Crippen molar-refractivity contribution in [1.29, 1.82) is 5.26 Å². The van der Waals surface area contributed by atoms with Crippen LogP contribution in [0.25, 0.3) is 5.69 Å². The predicted molar refractivity (Wildman–Crippen MR) is 136 cm³/mol. The van der Waals surface area contributed by atoms with E-state index in [9.17, 15) is 19.8 Å². The van der Waals surface area contributed by atoms with E-state index in [1.54, 1.807) is 60.0 Å². The van der Waals surface area contributed by atoms with E-state index in [1.165, 1.54) is 23.9 Å². The first-order valence-corrected chi connectivity index (χ1v) is 12.4. The Hall–Kier alpha value is -3.75. The Balaban J connectivity index is 1.69. The Bertz CT molecular complexity index is 1440. The number of nitro groups is 1. The maximum atomic E-state index is 13.5. The minimum atomic E-state index is -0.679. The molecule has 1 aromatic heterocycles. The van der Waals surface area contributed by atoms with E-state index in [0.717, 1.165) is 4.47 Å². The first kappa shape index (κ1) is 25.3. The van der Waals surface area contributed by atoms with E-state index in [-0.39, 0.29) is 12.4 Å². The smallest absolute Gasteiger partial charge is 0.220 e. The fourth-order valence-electron chi connectivity index (χ4n) is 3.58. The van der Waals surface area contributed by atoms with Gasteiger partial charge in [0.2, 0.25) is 6.54 Å². The van der Waals surface area contributed by atoms with Crippen LogP contribution in [0.5, 0.6) is 5.75 Å². The molecule has 0 N–H and O–H groups in total. The summed E-state index contributed by atoms with van der Waals surface area (Å²) in [4.78, 5) is 11.3. The van der Waals surface area contributed by atoms with Crippen LogP contribution >= 0.6 is 27.7 Å². The molecule has 182 valence electrons. The van der Waals surface area contributed by atoms with Gasteiger partial charge in [-0.15, -0.1) is 10.2 Å². The van der Waals surface area contributed by atoms with Crippen molar-refractivity contribution in [3.63, 3.8) is 0 Å². The quantitative estimate of drug-likeness (QED) is 0.138. The van der Waals surface area contributed by atoms with E-state index >= 15 is 0 Å². The second-order valence-electron chi connectivity index (χ2n) is 7.70. The highest BCUT2D eigenvalue weighted by Gasteiger charge is 2.27. The van der Waals surface area contributed by atoms with Crippen LogP contribution in [-0.4, -0.2) is 26.2 Å². The number of aromatic nitrogens is 3. The second-order valence-corrected chi connectivity index (χ2v) is 9.79. The van der Waals surface area contributed by atoms with Gasteiger partial charge in [-0.1, -0.05) is 45.9 Å². The van der Waals surface area contributed by atoms with Crippen molar-refractivity contribution in [1.82, 2.24) is 14.8 Å². The van der Waals surface area contributed by atoms with Gasteiger partial charge in [-0.3, -0.25) is 14.7 Å². The van der Waals surface area contributed by atoms with Crippen molar-refractivity contribution in [2.24, 2.45) is 0 Å². The molecular weight excluding hydrogens is 549 g/mol. The Morgan fingerprint density at radius 1 is 1.19 bits per heavy atom. The summed E-state index contributed by atoms with van der Waals surface area (Å²) in [6, 6.07) is 20.4. The van der Waals surface area contributed by atoms with Gasteiger partial charge in [-0.05, 0) is 55.5 Å². The number of hydrogen-bond acceptors (Lipinski definition) is 7. The maximum absolute atomic E-state index is 13.5. The average molecular weight is 568 g/mol. The lowest BCUT2D eigenvalue weighted by Crippen LogP contribution is -2.13. The van der Waals surface area contributed by atoms with E-state index in [4.69, 9.17) is 4.74 Å². The first-order valence-electron chi connectivity index (χ1n) is 10.7.